The molecule has 0 unspecified atom stereocenters. The number of benzene rings is 1. The van der Waals surface area contributed by atoms with Crippen LogP contribution in [0.15, 0.2) is 42.7 Å². The van der Waals surface area contributed by atoms with Crippen molar-refractivity contribution >= 4 is 11.6 Å². The maximum Gasteiger partial charge on any atom is 0.257 e. The van der Waals surface area contributed by atoms with E-state index in [2.05, 4.69) is 30.2 Å². The predicted molar refractivity (Wildman–Crippen MR) is 80.0 cm³/mol. The molecule has 1 aliphatic rings. The number of fused-ring (bicyclic) bond motifs is 1. The normalized spacial score (nSPS) is 15.7. The molecule has 102 valence electrons. The topological polar surface area (TPSA) is 42.0 Å². The first-order valence-electron chi connectivity index (χ1n) is 6.92. The number of hydrogen-bond acceptors (Lipinski definition) is 2. The van der Waals surface area contributed by atoms with Crippen molar-refractivity contribution in [2.24, 2.45) is 0 Å². The van der Waals surface area contributed by atoms with Gasteiger partial charge in [-0.05, 0) is 47.6 Å². The van der Waals surface area contributed by atoms with Gasteiger partial charge >= 0.3 is 0 Å². The smallest absolute Gasteiger partial charge is 0.257 e. The van der Waals surface area contributed by atoms with Crippen molar-refractivity contribution in [2.45, 2.75) is 32.1 Å². The summed E-state index contributed by atoms with van der Waals surface area (Å²) in [7, 11) is 0. The molecule has 1 amide bonds. The van der Waals surface area contributed by atoms with E-state index in [1.165, 1.54) is 11.1 Å². The fraction of sp³-hybridized carbons (Fsp3) is 0.294. The van der Waals surface area contributed by atoms with Crippen LogP contribution in [0.1, 0.15) is 41.8 Å². The summed E-state index contributed by atoms with van der Waals surface area (Å²) >= 11 is 0. The third-order valence-electron chi connectivity index (χ3n) is 4.08. The Morgan fingerprint density at radius 3 is 2.85 bits per heavy atom. The van der Waals surface area contributed by atoms with Crippen LogP contribution < -0.4 is 5.32 Å². The number of nitrogens with one attached hydrogen (secondary N) is 1. The van der Waals surface area contributed by atoms with Crippen molar-refractivity contribution in [3.63, 3.8) is 0 Å². The molecule has 3 rings (SSSR count). The van der Waals surface area contributed by atoms with Gasteiger partial charge in [0, 0.05) is 18.1 Å². The highest BCUT2D eigenvalue weighted by Gasteiger charge is 2.31. The van der Waals surface area contributed by atoms with Crippen LogP contribution in [0.2, 0.25) is 0 Å². The lowest BCUT2D eigenvalue weighted by Gasteiger charge is -2.19. The third-order valence-corrected chi connectivity index (χ3v) is 4.08. The number of nitrogens with zero attached hydrogens (tertiary/aromatic N) is 1. The number of rotatable bonds is 2. The molecule has 1 aromatic carbocycles. The molecule has 0 atom stereocenters. The Labute approximate surface area is 119 Å². The van der Waals surface area contributed by atoms with Crippen molar-refractivity contribution in [2.75, 3.05) is 5.32 Å². The average molecular weight is 266 g/mol. The Bertz CT molecular complexity index is 647. The molecule has 0 radical (unpaired) electrons. The molecular formula is C17H18N2O. The van der Waals surface area contributed by atoms with Gasteiger partial charge in [0.1, 0.15) is 0 Å². The molecule has 0 aliphatic heterocycles. The summed E-state index contributed by atoms with van der Waals surface area (Å²) in [6, 6.07) is 9.71. The van der Waals surface area contributed by atoms with Crippen LogP contribution in [0, 0.1) is 0 Å². The van der Waals surface area contributed by atoms with E-state index in [0.29, 0.717) is 5.56 Å². The minimum Gasteiger partial charge on any atom is -0.322 e. The van der Waals surface area contributed by atoms with Gasteiger partial charge in [0.25, 0.3) is 5.91 Å². The summed E-state index contributed by atoms with van der Waals surface area (Å²) in [6.07, 6.45) is 5.40. The molecule has 3 heteroatoms. The van der Waals surface area contributed by atoms with E-state index in [4.69, 9.17) is 0 Å². The minimum atomic E-state index is -0.101. The fourth-order valence-electron chi connectivity index (χ4n) is 2.87. The molecule has 0 fully saturated rings. The van der Waals surface area contributed by atoms with Crippen molar-refractivity contribution in [1.29, 1.82) is 0 Å². The molecule has 1 heterocycles. The molecule has 0 spiro atoms. The van der Waals surface area contributed by atoms with Crippen LogP contribution >= 0.6 is 0 Å². The summed E-state index contributed by atoms with van der Waals surface area (Å²) in [5.74, 6) is -0.101. The first-order valence-corrected chi connectivity index (χ1v) is 6.92. The highest BCUT2D eigenvalue weighted by Crippen LogP contribution is 2.41. The van der Waals surface area contributed by atoms with Gasteiger partial charge in [-0.1, -0.05) is 26.0 Å². The Hall–Kier alpha value is -2.16. The standard InChI is InChI=1S/C17H18N2O/c1-17(2)9-8-13-14(17)6-3-7-15(13)19-16(20)12-5-4-10-18-11-12/h3-7,10-11H,8-9H2,1-2H3,(H,19,20). The van der Waals surface area contributed by atoms with Crippen molar-refractivity contribution in [3.8, 4) is 0 Å². The number of pyridine rings is 1. The Kier molecular flexibility index (Phi) is 3.05. The lowest BCUT2D eigenvalue weighted by Crippen LogP contribution is -2.14. The molecule has 1 N–H and O–H groups in total. The van der Waals surface area contributed by atoms with Gasteiger partial charge in [-0.15, -0.1) is 0 Å². The molecular weight excluding hydrogens is 248 g/mol. The molecule has 20 heavy (non-hydrogen) atoms. The van der Waals surface area contributed by atoms with Gasteiger partial charge in [0.2, 0.25) is 0 Å². The first-order chi connectivity index (χ1) is 9.58. The molecule has 0 bridgehead atoms. The van der Waals surface area contributed by atoms with Crippen LogP contribution in [0.5, 0.6) is 0 Å². The minimum absolute atomic E-state index is 0.101. The van der Waals surface area contributed by atoms with Gasteiger partial charge in [-0.2, -0.15) is 0 Å². The second-order valence-electron chi connectivity index (χ2n) is 5.91. The quantitative estimate of drug-likeness (QED) is 0.903. The molecule has 1 aliphatic carbocycles. The zero-order chi connectivity index (χ0) is 14.2. The number of carbonyl (C=O) groups excluding carboxylic acids is 1. The van der Waals surface area contributed by atoms with Crippen molar-refractivity contribution in [1.82, 2.24) is 4.98 Å². The number of anilines is 1. The molecule has 1 aromatic heterocycles. The first kappa shape index (κ1) is 12.9. The number of amides is 1. The summed E-state index contributed by atoms with van der Waals surface area (Å²) in [5.41, 5.74) is 4.34. The Morgan fingerprint density at radius 2 is 2.10 bits per heavy atom. The van der Waals surface area contributed by atoms with Gasteiger partial charge in [0.05, 0.1) is 5.56 Å². The Morgan fingerprint density at radius 1 is 1.25 bits per heavy atom. The van der Waals surface area contributed by atoms with Crippen LogP contribution in [0.3, 0.4) is 0 Å². The van der Waals surface area contributed by atoms with E-state index in [1.807, 2.05) is 12.1 Å². The predicted octanol–water partition coefficient (Wildman–Crippen LogP) is 3.56. The lowest BCUT2D eigenvalue weighted by molar-refractivity contribution is 0.102. The molecule has 0 saturated heterocycles. The SMILES string of the molecule is CC1(C)CCc2c(NC(=O)c3cccnc3)cccc21. The monoisotopic (exact) mass is 266 g/mol. The van der Waals surface area contributed by atoms with E-state index in [1.54, 1.807) is 24.5 Å². The van der Waals surface area contributed by atoms with Gasteiger partial charge in [0.15, 0.2) is 0 Å². The fourth-order valence-corrected chi connectivity index (χ4v) is 2.87. The van der Waals surface area contributed by atoms with E-state index in [-0.39, 0.29) is 11.3 Å². The van der Waals surface area contributed by atoms with Gasteiger partial charge in [-0.25, -0.2) is 0 Å². The van der Waals surface area contributed by atoms with Crippen molar-refractivity contribution < 1.29 is 4.79 Å². The second kappa shape index (κ2) is 4.75. The molecule has 2 aromatic rings. The van der Waals surface area contributed by atoms with Crippen LogP contribution in [-0.4, -0.2) is 10.9 Å². The molecule has 3 nitrogen and oxygen atoms in total. The highest BCUT2D eigenvalue weighted by molar-refractivity contribution is 6.04. The number of aromatic nitrogens is 1. The van der Waals surface area contributed by atoms with E-state index >= 15 is 0 Å². The lowest BCUT2D eigenvalue weighted by atomic mass is 9.86. The average Bonchev–Trinajstić information content (AvgIpc) is 2.77. The molecule has 0 saturated carbocycles. The van der Waals surface area contributed by atoms with Crippen LogP contribution in [0.25, 0.3) is 0 Å². The maximum absolute atomic E-state index is 12.2. The largest absolute Gasteiger partial charge is 0.322 e. The van der Waals surface area contributed by atoms with E-state index < -0.39 is 0 Å². The maximum atomic E-state index is 12.2. The van der Waals surface area contributed by atoms with E-state index in [9.17, 15) is 4.79 Å². The Balaban J connectivity index is 1.90. The second-order valence-corrected chi connectivity index (χ2v) is 5.91. The van der Waals surface area contributed by atoms with Gasteiger partial charge in [-0.3, -0.25) is 9.78 Å². The summed E-state index contributed by atoms with van der Waals surface area (Å²) in [5, 5.41) is 3.02. The third kappa shape index (κ3) is 2.20. The zero-order valence-electron chi connectivity index (χ0n) is 11.8. The van der Waals surface area contributed by atoms with Crippen molar-refractivity contribution in [3.05, 3.63) is 59.4 Å². The highest BCUT2D eigenvalue weighted by atomic mass is 16.1. The number of hydrogen-bond donors (Lipinski definition) is 1. The summed E-state index contributed by atoms with van der Waals surface area (Å²) in [4.78, 5) is 16.2. The van der Waals surface area contributed by atoms with E-state index in [0.717, 1.165) is 18.5 Å². The number of carbonyl (C=O) groups is 1. The zero-order valence-corrected chi connectivity index (χ0v) is 11.8. The van der Waals surface area contributed by atoms with Crippen LogP contribution in [0.4, 0.5) is 5.69 Å². The van der Waals surface area contributed by atoms with Crippen LogP contribution in [-0.2, 0) is 11.8 Å². The summed E-state index contributed by atoms with van der Waals surface area (Å²) < 4.78 is 0. The van der Waals surface area contributed by atoms with Gasteiger partial charge < -0.3 is 5.32 Å². The summed E-state index contributed by atoms with van der Waals surface area (Å²) in [6.45, 7) is 4.51.